The maximum absolute atomic E-state index is 11.3. The van der Waals surface area contributed by atoms with E-state index in [9.17, 15) is 4.79 Å². The summed E-state index contributed by atoms with van der Waals surface area (Å²) in [4.78, 5) is 13.2. The fourth-order valence-corrected chi connectivity index (χ4v) is 2.26. The maximum atomic E-state index is 11.3. The summed E-state index contributed by atoms with van der Waals surface area (Å²) in [6, 6.07) is 0.409. The lowest BCUT2D eigenvalue weighted by Gasteiger charge is -2.37. The van der Waals surface area contributed by atoms with E-state index in [2.05, 4.69) is 5.32 Å². The van der Waals surface area contributed by atoms with Gasteiger partial charge >= 0.3 is 0 Å². The number of hydrogen-bond donors (Lipinski definition) is 2. The predicted octanol–water partition coefficient (Wildman–Crippen LogP) is 0.215. The number of carbonyl (C=O) groups excluding carboxylic acids is 1. The Morgan fingerprint density at radius 3 is 2.80 bits per heavy atom. The van der Waals surface area contributed by atoms with E-state index in [0.29, 0.717) is 12.0 Å². The number of carbonyl (C=O) groups is 1. The quantitative estimate of drug-likeness (QED) is 0.703. The van der Waals surface area contributed by atoms with E-state index < -0.39 is 0 Å². The fourth-order valence-electron chi connectivity index (χ4n) is 2.26. The van der Waals surface area contributed by atoms with Crippen LogP contribution in [0.25, 0.3) is 0 Å². The molecule has 1 heterocycles. The van der Waals surface area contributed by atoms with Crippen molar-refractivity contribution in [1.29, 1.82) is 0 Å². The van der Waals surface area contributed by atoms with Gasteiger partial charge in [0, 0.05) is 32.7 Å². The van der Waals surface area contributed by atoms with E-state index in [0.717, 1.165) is 32.4 Å². The van der Waals surface area contributed by atoms with Crippen LogP contribution in [0.1, 0.15) is 26.2 Å². The largest absolute Gasteiger partial charge is 0.396 e. The molecule has 1 aliphatic rings. The average Bonchev–Trinajstić information content (AvgIpc) is 2.25. The molecule has 4 heteroatoms. The standard InChI is InChI=1S/C11H22N2O2/c1-9(15)13-7-10(4-3-5-14)6-11(8-13)12-2/h10-12,14H,3-8H2,1-2H3. The number of nitrogens with one attached hydrogen (secondary N) is 1. The Bertz CT molecular complexity index is 209. The van der Waals surface area contributed by atoms with Gasteiger partial charge in [-0.1, -0.05) is 0 Å². The van der Waals surface area contributed by atoms with Crippen LogP contribution in [0.2, 0.25) is 0 Å². The van der Waals surface area contributed by atoms with Gasteiger partial charge < -0.3 is 15.3 Å². The number of piperidine rings is 1. The molecule has 15 heavy (non-hydrogen) atoms. The van der Waals surface area contributed by atoms with Gasteiger partial charge in [-0.15, -0.1) is 0 Å². The average molecular weight is 214 g/mol. The first-order chi connectivity index (χ1) is 7.17. The minimum atomic E-state index is 0.156. The lowest BCUT2D eigenvalue weighted by molar-refractivity contribution is -0.131. The summed E-state index contributed by atoms with van der Waals surface area (Å²) in [5.41, 5.74) is 0. The van der Waals surface area contributed by atoms with Gasteiger partial charge in [0.2, 0.25) is 5.91 Å². The molecular weight excluding hydrogens is 192 g/mol. The molecule has 0 aromatic rings. The van der Waals surface area contributed by atoms with Crippen molar-refractivity contribution in [3.8, 4) is 0 Å². The Morgan fingerprint density at radius 2 is 2.27 bits per heavy atom. The number of nitrogens with zero attached hydrogens (tertiary/aromatic N) is 1. The van der Waals surface area contributed by atoms with Gasteiger partial charge in [0.1, 0.15) is 0 Å². The minimum Gasteiger partial charge on any atom is -0.396 e. The highest BCUT2D eigenvalue weighted by Crippen LogP contribution is 2.21. The van der Waals surface area contributed by atoms with E-state index in [4.69, 9.17) is 5.11 Å². The third-order valence-electron chi connectivity index (χ3n) is 3.16. The zero-order chi connectivity index (χ0) is 11.3. The summed E-state index contributed by atoms with van der Waals surface area (Å²) in [5.74, 6) is 0.691. The van der Waals surface area contributed by atoms with Crippen LogP contribution < -0.4 is 5.32 Å². The fraction of sp³-hybridized carbons (Fsp3) is 0.909. The molecule has 1 saturated heterocycles. The summed E-state index contributed by atoms with van der Waals surface area (Å²) in [7, 11) is 1.94. The van der Waals surface area contributed by atoms with E-state index in [1.54, 1.807) is 6.92 Å². The number of aliphatic hydroxyl groups is 1. The van der Waals surface area contributed by atoms with Gasteiger partial charge in [-0.05, 0) is 32.2 Å². The minimum absolute atomic E-state index is 0.156. The van der Waals surface area contributed by atoms with Crippen molar-refractivity contribution in [2.24, 2.45) is 5.92 Å². The Balaban J connectivity index is 2.47. The molecule has 1 aliphatic heterocycles. The topological polar surface area (TPSA) is 52.6 Å². The van der Waals surface area contributed by atoms with Gasteiger partial charge in [0.05, 0.1) is 0 Å². The van der Waals surface area contributed by atoms with Gasteiger partial charge in [0.15, 0.2) is 0 Å². The number of amides is 1. The number of likely N-dealkylation sites (N-methyl/N-ethyl adjacent to an activating group) is 1. The number of rotatable bonds is 4. The third-order valence-corrected chi connectivity index (χ3v) is 3.16. The molecule has 0 aromatic heterocycles. The second-order valence-electron chi connectivity index (χ2n) is 4.38. The first-order valence-electron chi connectivity index (χ1n) is 5.71. The van der Waals surface area contributed by atoms with E-state index in [1.165, 1.54) is 0 Å². The predicted molar refractivity (Wildman–Crippen MR) is 59.5 cm³/mol. The maximum Gasteiger partial charge on any atom is 0.219 e. The van der Waals surface area contributed by atoms with Crippen LogP contribution in [0.15, 0.2) is 0 Å². The van der Waals surface area contributed by atoms with Crippen molar-refractivity contribution in [3.05, 3.63) is 0 Å². The lowest BCUT2D eigenvalue weighted by atomic mass is 9.90. The van der Waals surface area contributed by atoms with Crippen molar-refractivity contribution < 1.29 is 9.90 Å². The molecule has 1 amide bonds. The Kier molecular flexibility index (Phi) is 5.05. The van der Waals surface area contributed by atoms with Crippen molar-refractivity contribution in [1.82, 2.24) is 10.2 Å². The van der Waals surface area contributed by atoms with Gasteiger partial charge in [0.25, 0.3) is 0 Å². The molecule has 4 nitrogen and oxygen atoms in total. The molecule has 1 fully saturated rings. The Labute approximate surface area is 91.6 Å². The van der Waals surface area contributed by atoms with Crippen LogP contribution in [-0.4, -0.2) is 48.7 Å². The highest BCUT2D eigenvalue weighted by Gasteiger charge is 2.27. The summed E-state index contributed by atoms with van der Waals surface area (Å²) in [5, 5.41) is 12.0. The summed E-state index contributed by atoms with van der Waals surface area (Å²) in [6.07, 6.45) is 2.96. The van der Waals surface area contributed by atoms with E-state index in [1.807, 2.05) is 11.9 Å². The highest BCUT2D eigenvalue weighted by atomic mass is 16.2. The zero-order valence-corrected chi connectivity index (χ0v) is 9.70. The molecule has 2 N–H and O–H groups in total. The molecule has 1 rings (SSSR count). The third kappa shape index (κ3) is 3.80. The second kappa shape index (κ2) is 6.08. The number of aliphatic hydroxyl groups excluding tert-OH is 1. The highest BCUT2D eigenvalue weighted by molar-refractivity contribution is 5.73. The summed E-state index contributed by atoms with van der Waals surface area (Å²) >= 11 is 0. The van der Waals surface area contributed by atoms with Crippen molar-refractivity contribution in [2.75, 3.05) is 26.7 Å². The van der Waals surface area contributed by atoms with Crippen LogP contribution in [0.3, 0.4) is 0 Å². The lowest BCUT2D eigenvalue weighted by Crippen LogP contribution is -2.49. The first-order valence-corrected chi connectivity index (χ1v) is 5.71. The number of likely N-dealkylation sites (tertiary alicyclic amines) is 1. The normalized spacial score (nSPS) is 26.7. The van der Waals surface area contributed by atoms with Crippen LogP contribution in [0.5, 0.6) is 0 Å². The van der Waals surface area contributed by atoms with E-state index in [-0.39, 0.29) is 12.5 Å². The zero-order valence-electron chi connectivity index (χ0n) is 9.70. The molecule has 0 spiro atoms. The second-order valence-corrected chi connectivity index (χ2v) is 4.38. The molecule has 0 aromatic carbocycles. The van der Waals surface area contributed by atoms with Crippen LogP contribution in [-0.2, 0) is 4.79 Å². The van der Waals surface area contributed by atoms with Crippen molar-refractivity contribution in [3.63, 3.8) is 0 Å². The van der Waals surface area contributed by atoms with Crippen molar-refractivity contribution >= 4 is 5.91 Å². The molecule has 0 radical (unpaired) electrons. The molecule has 2 unspecified atom stereocenters. The van der Waals surface area contributed by atoms with Crippen LogP contribution in [0.4, 0.5) is 0 Å². The molecule has 88 valence electrons. The van der Waals surface area contributed by atoms with Gasteiger partial charge in [-0.2, -0.15) is 0 Å². The SMILES string of the molecule is CNC1CC(CCCO)CN(C(C)=O)C1. The number of hydrogen-bond acceptors (Lipinski definition) is 3. The Morgan fingerprint density at radius 1 is 1.53 bits per heavy atom. The molecule has 0 bridgehead atoms. The van der Waals surface area contributed by atoms with Crippen LogP contribution >= 0.6 is 0 Å². The first kappa shape index (κ1) is 12.5. The Hall–Kier alpha value is -0.610. The van der Waals surface area contributed by atoms with E-state index >= 15 is 0 Å². The van der Waals surface area contributed by atoms with Crippen molar-refractivity contribution in [2.45, 2.75) is 32.2 Å². The molecular formula is C11H22N2O2. The van der Waals surface area contributed by atoms with Gasteiger partial charge in [-0.25, -0.2) is 0 Å². The molecule has 0 saturated carbocycles. The molecule has 0 aliphatic carbocycles. The smallest absolute Gasteiger partial charge is 0.219 e. The summed E-state index contributed by atoms with van der Waals surface area (Å²) in [6.45, 7) is 3.55. The summed E-state index contributed by atoms with van der Waals surface area (Å²) < 4.78 is 0. The van der Waals surface area contributed by atoms with Crippen LogP contribution in [0, 0.1) is 5.92 Å². The monoisotopic (exact) mass is 214 g/mol. The van der Waals surface area contributed by atoms with Gasteiger partial charge in [-0.3, -0.25) is 4.79 Å². The molecule has 2 atom stereocenters.